The van der Waals surface area contributed by atoms with Crippen LogP contribution in [-0.2, 0) is 14.3 Å². The Kier molecular flexibility index (Phi) is 4.03. The predicted octanol–water partition coefficient (Wildman–Crippen LogP) is 1.79. The van der Waals surface area contributed by atoms with Crippen LogP contribution in [-0.4, -0.2) is 42.2 Å². The molecule has 3 rings (SSSR count). The van der Waals surface area contributed by atoms with Gasteiger partial charge in [-0.1, -0.05) is 18.2 Å². The molecule has 6 heteroatoms. The molecule has 0 bridgehead atoms. The Morgan fingerprint density at radius 2 is 2.05 bits per heavy atom. The van der Waals surface area contributed by atoms with Crippen molar-refractivity contribution in [2.75, 3.05) is 18.1 Å². The molecule has 1 unspecified atom stereocenters. The van der Waals surface area contributed by atoms with Crippen LogP contribution in [0.1, 0.15) is 12.8 Å². The number of anilines is 1. The van der Waals surface area contributed by atoms with Gasteiger partial charge in [-0.15, -0.1) is 11.6 Å². The fraction of sp³-hybridized carbons (Fsp3) is 0.400. The Morgan fingerprint density at radius 3 is 2.71 bits per heavy atom. The third kappa shape index (κ3) is 2.71. The molecule has 2 aliphatic rings. The minimum Gasteiger partial charge on any atom is -0.376 e. The summed E-state index contributed by atoms with van der Waals surface area (Å²) in [5.41, 5.74) is 0.626. The van der Waals surface area contributed by atoms with Crippen LogP contribution in [0.25, 0.3) is 0 Å². The lowest BCUT2D eigenvalue weighted by molar-refractivity contribution is -0.120. The average molecular weight is 307 g/mol. The average Bonchev–Trinajstić information content (AvgIpc) is 3.08. The first-order chi connectivity index (χ1) is 10.2. The first-order valence-corrected chi connectivity index (χ1v) is 7.35. The van der Waals surface area contributed by atoms with Crippen LogP contribution in [0, 0.1) is 0 Å². The Morgan fingerprint density at radius 1 is 1.29 bits per heavy atom. The highest BCUT2D eigenvalue weighted by molar-refractivity contribution is 6.68. The van der Waals surface area contributed by atoms with E-state index in [1.165, 1.54) is 0 Å². The van der Waals surface area contributed by atoms with E-state index in [9.17, 15) is 9.59 Å². The van der Waals surface area contributed by atoms with Crippen LogP contribution in [0.15, 0.2) is 35.3 Å². The van der Waals surface area contributed by atoms with Gasteiger partial charge in [0.05, 0.1) is 18.3 Å². The highest BCUT2D eigenvalue weighted by Gasteiger charge is 2.44. The summed E-state index contributed by atoms with van der Waals surface area (Å²) in [6.45, 7) is 1.10. The van der Waals surface area contributed by atoms with Crippen LogP contribution in [0.2, 0.25) is 0 Å². The van der Waals surface area contributed by atoms with E-state index < -0.39 is 17.2 Å². The standard InChI is InChI=1S/C15H15ClN2O3/c16-12-13(17-9-11-7-4-8-21-11)15(20)18(14(12)19)10-5-2-1-3-6-10/h1-3,5-6,11-12H,4,7-9H2/t11-,12?/m1/s1. The van der Waals surface area contributed by atoms with E-state index in [-0.39, 0.29) is 11.8 Å². The summed E-state index contributed by atoms with van der Waals surface area (Å²) in [5, 5.41) is -1.01. The second-order valence-electron chi connectivity index (χ2n) is 5.04. The van der Waals surface area contributed by atoms with Gasteiger partial charge < -0.3 is 4.74 Å². The topological polar surface area (TPSA) is 59.0 Å². The number of amides is 2. The Hall–Kier alpha value is -1.72. The molecule has 0 aromatic heterocycles. The number of alkyl halides is 1. The lowest BCUT2D eigenvalue weighted by Gasteiger charge is -2.12. The minimum atomic E-state index is -1.01. The molecule has 2 atom stereocenters. The highest BCUT2D eigenvalue weighted by atomic mass is 35.5. The van der Waals surface area contributed by atoms with Crippen LogP contribution < -0.4 is 4.90 Å². The van der Waals surface area contributed by atoms with E-state index in [1.54, 1.807) is 24.3 Å². The second kappa shape index (κ2) is 5.95. The maximum atomic E-state index is 12.4. The number of para-hydroxylation sites is 1. The summed E-state index contributed by atoms with van der Waals surface area (Å²) in [4.78, 5) is 29.9. The first kappa shape index (κ1) is 14.2. The van der Waals surface area contributed by atoms with E-state index in [0.29, 0.717) is 12.2 Å². The zero-order valence-electron chi connectivity index (χ0n) is 11.4. The smallest absolute Gasteiger partial charge is 0.281 e. The minimum absolute atomic E-state index is 0.0232. The number of rotatable bonds is 3. The molecule has 1 aromatic rings. The van der Waals surface area contributed by atoms with Gasteiger partial charge in [-0.2, -0.15) is 0 Å². The number of benzene rings is 1. The quantitative estimate of drug-likeness (QED) is 0.632. The number of halogens is 1. The van der Waals surface area contributed by atoms with Gasteiger partial charge in [0, 0.05) is 6.61 Å². The van der Waals surface area contributed by atoms with Crippen molar-refractivity contribution in [2.45, 2.75) is 24.3 Å². The van der Waals surface area contributed by atoms with Crippen molar-refractivity contribution in [3.8, 4) is 0 Å². The molecule has 5 nitrogen and oxygen atoms in total. The number of hydrogen-bond acceptors (Lipinski definition) is 4. The first-order valence-electron chi connectivity index (χ1n) is 6.92. The van der Waals surface area contributed by atoms with Crippen molar-refractivity contribution in [3.05, 3.63) is 30.3 Å². The summed E-state index contributed by atoms with van der Waals surface area (Å²) in [7, 11) is 0. The van der Waals surface area contributed by atoms with E-state index >= 15 is 0 Å². The molecule has 2 amide bonds. The third-order valence-electron chi connectivity index (χ3n) is 3.60. The maximum absolute atomic E-state index is 12.4. The van der Waals surface area contributed by atoms with Crippen molar-refractivity contribution in [2.24, 2.45) is 4.99 Å². The third-order valence-corrected chi connectivity index (χ3v) is 4.00. The van der Waals surface area contributed by atoms with E-state index in [1.807, 2.05) is 6.07 Å². The zero-order valence-corrected chi connectivity index (χ0v) is 12.1. The van der Waals surface area contributed by atoms with Crippen LogP contribution in [0.3, 0.4) is 0 Å². The monoisotopic (exact) mass is 306 g/mol. The maximum Gasteiger partial charge on any atom is 0.281 e. The summed E-state index contributed by atoms with van der Waals surface area (Å²) >= 11 is 6.07. The summed E-state index contributed by atoms with van der Waals surface area (Å²) in [6.07, 6.45) is 1.95. The lowest BCUT2D eigenvalue weighted by Crippen LogP contribution is -2.31. The molecule has 0 N–H and O–H groups in total. The normalized spacial score (nSPS) is 27.9. The van der Waals surface area contributed by atoms with Crippen LogP contribution in [0.5, 0.6) is 0 Å². The molecular formula is C15H15ClN2O3. The van der Waals surface area contributed by atoms with E-state index in [0.717, 1.165) is 24.3 Å². The molecule has 110 valence electrons. The molecule has 0 radical (unpaired) electrons. The lowest BCUT2D eigenvalue weighted by atomic mass is 10.2. The fourth-order valence-electron chi connectivity index (χ4n) is 2.51. The summed E-state index contributed by atoms with van der Waals surface area (Å²) in [5.74, 6) is -0.886. The molecule has 0 saturated carbocycles. The van der Waals surface area contributed by atoms with Gasteiger partial charge in [0.2, 0.25) is 0 Å². The highest BCUT2D eigenvalue weighted by Crippen LogP contribution is 2.24. The SMILES string of the molecule is O=C1C(=NC[C@H]2CCCO2)C(Cl)C(=O)N1c1ccccc1. The largest absolute Gasteiger partial charge is 0.376 e. The van der Waals surface area contributed by atoms with Gasteiger partial charge in [-0.25, -0.2) is 4.90 Å². The number of ether oxygens (including phenoxy) is 1. The van der Waals surface area contributed by atoms with Crippen molar-refractivity contribution in [3.63, 3.8) is 0 Å². The molecule has 0 aliphatic carbocycles. The number of carbonyl (C=O) groups is 2. The zero-order chi connectivity index (χ0) is 14.8. The number of hydrogen-bond donors (Lipinski definition) is 0. The molecule has 1 aromatic carbocycles. The van der Waals surface area contributed by atoms with Gasteiger partial charge in [0.1, 0.15) is 5.71 Å². The second-order valence-corrected chi connectivity index (χ2v) is 5.47. The van der Waals surface area contributed by atoms with Gasteiger partial charge >= 0.3 is 0 Å². The fourth-order valence-corrected chi connectivity index (χ4v) is 2.77. The van der Waals surface area contributed by atoms with Gasteiger partial charge in [-0.05, 0) is 25.0 Å². The predicted molar refractivity (Wildman–Crippen MR) is 79.9 cm³/mol. The molecule has 2 heterocycles. The Labute approximate surface area is 127 Å². The summed E-state index contributed by atoms with van der Waals surface area (Å²) < 4.78 is 5.46. The van der Waals surface area contributed by atoms with Gasteiger partial charge in [0.25, 0.3) is 11.8 Å². The molecule has 0 spiro atoms. The van der Waals surface area contributed by atoms with Crippen molar-refractivity contribution < 1.29 is 14.3 Å². The number of aliphatic imine (C=N–C) groups is 1. The van der Waals surface area contributed by atoms with Crippen molar-refractivity contribution >= 4 is 34.8 Å². The number of imide groups is 1. The Bertz CT molecular complexity index is 582. The molecule has 2 aliphatic heterocycles. The van der Waals surface area contributed by atoms with E-state index in [2.05, 4.69) is 4.99 Å². The van der Waals surface area contributed by atoms with Gasteiger partial charge in [-0.3, -0.25) is 14.6 Å². The van der Waals surface area contributed by atoms with Crippen molar-refractivity contribution in [1.29, 1.82) is 0 Å². The van der Waals surface area contributed by atoms with Crippen molar-refractivity contribution in [1.82, 2.24) is 0 Å². The van der Waals surface area contributed by atoms with Crippen LogP contribution >= 0.6 is 11.6 Å². The number of nitrogens with zero attached hydrogens (tertiary/aromatic N) is 2. The molecular weight excluding hydrogens is 292 g/mol. The molecule has 2 fully saturated rings. The number of carbonyl (C=O) groups excluding carboxylic acids is 2. The Balaban J connectivity index is 1.81. The van der Waals surface area contributed by atoms with Gasteiger partial charge in [0.15, 0.2) is 5.38 Å². The molecule has 21 heavy (non-hydrogen) atoms. The molecule has 2 saturated heterocycles. The van der Waals surface area contributed by atoms with E-state index in [4.69, 9.17) is 16.3 Å². The summed E-state index contributed by atoms with van der Waals surface area (Å²) in [6, 6.07) is 8.74. The van der Waals surface area contributed by atoms with Crippen LogP contribution in [0.4, 0.5) is 5.69 Å².